The quantitative estimate of drug-likeness (QED) is 0.750. The second-order valence-electron chi connectivity index (χ2n) is 5.98. The summed E-state index contributed by atoms with van der Waals surface area (Å²) in [5.74, 6) is -2.49. The van der Waals surface area contributed by atoms with Crippen molar-refractivity contribution in [3.8, 4) is 6.07 Å². The van der Waals surface area contributed by atoms with Gasteiger partial charge in [0.05, 0.1) is 24.8 Å². The van der Waals surface area contributed by atoms with E-state index < -0.39 is 28.8 Å². The smallest absolute Gasteiger partial charge is 0.336 e. The number of aromatic nitrogens is 2. The Morgan fingerprint density at radius 2 is 2.08 bits per heavy atom. The van der Waals surface area contributed by atoms with E-state index in [1.165, 1.54) is 17.8 Å². The Bertz CT molecular complexity index is 810. The third-order valence-electron chi connectivity index (χ3n) is 5.00. The lowest BCUT2D eigenvalue weighted by molar-refractivity contribution is -0.155. The highest BCUT2D eigenvalue weighted by molar-refractivity contribution is 6.08. The van der Waals surface area contributed by atoms with Crippen LogP contribution < -0.4 is 5.32 Å². The van der Waals surface area contributed by atoms with Gasteiger partial charge in [0, 0.05) is 6.54 Å². The zero-order valence-corrected chi connectivity index (χ0v) is 14.2. The number of fused-ring (bicyclic) bond motifs is 3. The van der Waals surface area contributed by atoms with Crippen LogP contribution in [0.3, 0.4) is 0 Å². The summed E-state index contributed by atoms with van der Waals surface area (Å²) in [7, 11) is 0. The van der Waals surface area contributed by atoms with Crippen molar-refractivity contribution in [1.82, 2.24) is 9.78 Å². The molecule has 3 rings (SSSR count). The van der Waals surface area contributed by atoms with Crippen molar-refractivity contribution >= 4 is 23.5 Å². The lowest BCUT2D eigenvalue weighted by atomic mass is 9.92. The fourth-order valence-electron chi connectivity index (χ4n) is 3.98. The zero-order chi connectivity index (χ0) is 18.4. The SMILES string of the molecule is CCOC(=O)C1C2(C(C)=O)CNc3c(C#N)cnn3C12C(=O)OCC. The van der Waals surface area contributed by atoms with E-state index in [1.807, 2.05) is 6.07 Å². The Morgan fingerprint density at radius 1 is 1.40 bits per heavy atom. The van der Waals surface area contributed by atoms with Crippen molar-refractivity contribution in [3.05, 3.63) is 11.8 Å². The minimum Gasteiger partial charge on any atom is -0.466 e. The van der Waals surface area contributed by atoms with Gasteiger partial charge in [-0.05, 0) is 20.8 Å². The second-order valence-corrected chi connectivity index (χ2v) is 5.98. The summed E-state index contributed by atoms with van der Waals surface area (Å²) in [6.07, 6.45) is 1.29. The zero-order valence-electron chi connectivity index (χ0n) is 14.2. The highest BCUT2D eigenvalue weighted by Gasteiger charge is 2.90. The lowest BCUT2D eigenvalue weighted by Crippen LogP contribution is -2.46. The minimum atomic E-state index is -1.63. The largest absolute Gasteiger partial charge is 0.466 e. The van der Waals surface area contributed by atoms with Crippen molar-refractivity contribution in [2.24, 2.45) is 11.3 Å². The van der Waals surface area contributed by atoms with Gasteiger partial charge in [-0.25, -0.2) is 9.48 Å². The Hall–Kier alpha value is -2.89. The maximum absolute atomic E-state index is 12.9. The van der Waals surface area contributed by atoms with Gasteiger partial charge in [-0.15, -0.1) is 0 Å². The molecule has 9 heteroatoms. The van der Waals surface area contributed by atoms with Crippen LogP contribution in [0.25, 0.3) is 0 Å². The summed E-state index contributed by atoms with van der Waals surface area (Å²) in [4.78, 5) is 38.0. The fraction of sp³-hybridized carbons (Fsp3) is 0.562. The Balaban J connectivity index is 2.24. The average Bonchev–Trinajstić information content (AvgIpc) is 3.04. The molecule has 0 spiro atoms. The molecule has 0 radical (unpaired) electrons. The molecule has 2 heterocycles. The Morgan fingerprint density at radius 3 is 2.64 bits per heavy atom. The molecule has 3 unspecified atom stereocenters. The summed E-state index contributed by atoms with van der Waals surface area (Å²) < 4.78 is 11.5. The Kier molecular flexibility index (Phi) is 3.78. The first kappa shape index (κ1) is 17.0. The lowest BCUT2D eigenvalue weighted by Gasteiger charge is -2.29. The van der Waals surface area contributed by atoms with Crippen LogP contribution in [-0.2, 0) is 29.4 Å². The monoisotopic (exact) mass is 346 g/mol. The van der Waals surface area contributed by atoms with Crippen molar-refractivity contribution in [3.63, 3.8) is 0 Å². The number of esters is 2. The van der Waals surface area contributed by atoms with Crippen LogP contribution in [0.15, 0.2) is 6.20 Å². The number of rotatable bonds is 5. The van der Waals surface area contributed by atoms with Crippen LogP contribution in [0, 0.1) is 22.7 Å². The fourth-order valence-corrected chi connectivity index (χ4v) is 3.98. The molecule has 0 bridgehead atoms. The van der Waals surface area contributed by atoms with E-state index in [-0.39, 0.29) is 31.1 Å². The predicted octanol–water partition coefficient (Wildman–Crippen LogP) is 0.207. The van der Waals surface area contributed by atoms with Gasteiger partial charge in [0.15, 0.2) is 5.54 Å². The molecule has 1 fully saturated rings. The van der Waals surface area contributed by atoms with Gasteiger partial charge in [0.25, 0.3) is 0 Å². The van der Waals surface area contributed by atoms with Crippen LogP contribution in [0.1, 0.15) is 26.3 Å². The van der Waals surface area contributed by atoms with E-state index in [0.717, 1.165) is 0 Å². The van der Waals surface area contributed by atoms with Gasteiger partial charge in [-0.2, -0.15) is 10.4 Å². The number of nitrogens with one attached hydrogen (secondary N) is 1. The number of Topliss-reactive ketones (excluding diaryl/α,β-unsaturated/α-hetero) is 1. The molecule has 1 aromatic rings. The third-order valence-corrected chi connectivity index (χ3v) is 5.00. The van der Waals surface area contributed by atoms with E-state index >= 15 is 0 Å². The summed E-state index contributed by atoms with van der Waals surface area (Å²) in [5.41, 5.74) is -2.76. The number of carbonyl (C=O) groups excluding carboxylic acids is 3. The molecule has 9 nitrogen and oxygen atoms in total. The molecular weight excluding hydrogens is 328 g/mol. The van der Waals surface area contributed by atoms with Gasteiger partial charge in [0.2, 0.25) is 0 Å². The molecule has 2 aliphatic rings. The molecule has 0 aromatic carbocycles. The molecule has 1 saturated carbocycles. The van der Waals surface area contributed by atoms with Crippen LogP contribution in [0.4, 0.5) is 5.82 Å². The number of carbonyl (C=O) groups is 3. The van der Waals surface area contributed by atoms with Crippen LogP contribution in [0.2, 0.25) is 0 Å². The maximum atomic E-state index is 12.9. The van der Waals surface area contributed by atoms with Gasteiger partial charge in [-0.1, -0.05) is 0 Å². The first-order valence-corrected chi connectivity index (χ1v) is 8.00. The van der Waals surface area contributed by atoms with Crippen molar-refractivity contribution in [1.29, 1.82) is 5.26 Å². The van der Waals surface area contributed by atoms with Gasteiger partial charge >= 0.3 is 11.9 Å². The van der Waals surface area contributed by atoms with Gasteiger partial charge < -0.3 is 14.8 Å². The number of nitrogens with zero attached hydrogens (tertiary/aromatic N) is 3. The van der Waals surface area contributed by atoms with Crippen LogP contribution >= 0.6 is 0 Å². The van der Waals surface area contributed by atoms with Crippen LogP contribution in [-0.4, -0.2) is 47.3 Å². The number of hydrogen-bond donors (Lipinski definition) is 1. The predicted molar refractivity (Wildman–Crippen MR) is 83.3 cm³/mol. The normalized spacial score (nSPS) is 28.6. The molecule has 132 valence electrons. The number of ether oxygens (including phenoxy) is 2. The highest BCUT2D eigenvalue weighted by atomic mass is 16.5. The molecule has 3 atom stereocenters. The van der Waals surface area contributed by atoms with Crippen molar-refractivity contribution in [2.75, 3.05) is 25.1 Å². The van der Waals surface area contributed by atoms with E-state index in [2.05, 4.69) is 10.4 Å². The molecule has 1 aromatic heterocycles. The Labute approximate surface area is 143 Å². The number of hydrogen-bond acceptors (Lipinski definition) is 8. The molecule has 1 aliphatic heterocycles. The minimum absolute atomic E-state index is 0.0189. The number of nitriles is 1. The average molecular weight is 346 g/mol. The van der Waals surface area contributed by atoms with Gasteiger partial charge in [-0.3, -0.25) is 9.59 Å². The summed E-state index contributed by atoms with van der Waals surface area (Å²) in [6.45, 7) is 4.83. The van der Waals surface area contributed by atoms with Crippen LogP contribution in [0.5, 0.6) is 0 Å². The second kappa shape index (κ2) is 5.58. The standard InChI is InChI=1S/C16H18N4O5/c1-4-24-13(22)11-15(9(3)21)8-18-12-10(6-17)7-19-20(12)16(11,15)14(23)25-5-2/h7,11,18H,4-5,8H2,1-3H3. The summed E-state index contributed by atoms with van der Waals surface area (Å²) >= 11 is 0. The third kappa shape index (κ3) is 1.82. The van der Waals surface area contributed by atoms with E-state index in [4.69, 9.17) is 9.47 Å². The molecule has 0 amide bonds. The molecule has 1 N–H and O–H groups in total. The molecule has 0 saturated heterocycles. The molecule has 25 heavy (non-hydrogen) atoms. The molecule has 1 aliphatic carbocycles. The number of anilines is 1. The molecular formula is C16H18N4O5. The van der Waals surface area contributed by atoms with Crippen molar-refractivity contribution in [2.45, 2.75) is 26.3 Å². The first-order valence-electron chi connectivity index (χ1n) is 8.00. The summed E-state index contributed by atoms with van der Waals surface area (Å²) in [5, 5.41) is 16.3. The van der Waals surface area contributed by atoms with E-state index in [9.17, 15) is 19.6 Å². The topological polar surface area (TPSA) is 123 Å². The maximum Gasteiger partial charge on any atom is 0.336 e. The van der Waals surface area contributed by atoms with E-state index in [0.29, 0.717) is 5.82 Å². The first-order chi connectivity index (χ1) is 11.9. The van der Waals surface area contributed by atoms with Gasteiger partial charge in [0.1, 0.15) is 29.2 Å². The van der Waals surface area contributed by atoms with Crippen molar-refractivity contribution < 1.29 is 23.9 Å². The number of ketones is 1. The highest BCUT2D eigenvalue weighted by Crippen LogP contribution is 2.70. The summed E-state index contributed by atoms with van der Waals surface area (Å²) in [6, 6.07) is 1.97. The van der Waals surface area contributed by atoms with E-state index in [1.54, 1.807) is 13.8 Å².